The largest absolute Gasteiger partial charge is 0.416 e. The second kappa shape index (κ2) is 3.33. The highest BCUT2D eigenvalue weighted by Crippen LogP contribution is 2.31. The summed E-state index contributed by atoms with van der Waals surface area (Å²) in [6.45, 7) is 0. The number of halogens is 4. The molecule has 1 N–H and O–H groups in total. The molecule has 0 spiro atoms. The molecule has 2 nitrogen and oxygen atoms in total. The van der Waals surface area contributed by atoms with E-state index in [1.54, 1.807) is 0 Å². The highest BCUT2D eigenvalue weighted by atomic mass is 19.4. The van der Waals surface area contributed by atoms with Gasteiger partial charge in [-0.2, -0.15) is 13.2 Å². The van der Waals surface area contributed by atoms with Gasteiger partial charge in [0.1, 0.15) is 5.82 Å². The van der Waals surface area contributed by atoms with Crippen molar-refractivity contribution in [2.24, 2.45) is 0 Å². The maximum Gasteiger partial charge on any atom is 0.416 e. The van der Waals surface area contributed by atoms with E-state index in [1.807, 2.05) is 0 Å². The first-order chi connectivity index (χ1) is 7.39. The van der Waals surface area contributed by atoms with E-state index in [2.05, 4.69) is 4.98 Å². The first-order valence-corrected chi connectivity index (χ1v) is 4.28. The fourth-order valence-electron chi connectivity index (χ4n) is 1.40. The molecular formula is C10H5F4NO. The molecule has 0 unspecified atom stereocenters. The Hall–Kier alpha value is -1.85. The van der Waals surface area contributed by atoms with Crippen LogP contribution in [0.5, 0.6) is 0 Å². The summed E-state index contributed by atoms with van der Waals surface area (Å²) in [7, 11) is 0. The van der Waals surface area contributed by atoms with Crippen LogP contribution >= 0.6 is 0 Å². The molecule has 1 heterocycles. The predicted molar refractivity (Wildman–Crippen MR) is 49.5 cm³/mol. The van der Waals surface area contributed by atoms with Crippen LogP contribution in [0, 0.1) is 5.82 Å². The van der Waals surface area contributed by atoms with Crippen molar-refractivity contribution in [1.29, 1.82) is 0 Å². The van der Waals surface area contributed by atoms with Crippen LogP contribution in [0.1, 0.15) is 5.56 Å². The molecule has 1 aromatic carbocycles. The van der Waals surface area contributed by atoms with E-state index < -0.39 is 23.0 Å². The molecule has 16 heavy (non-hydrogen) atoms. The van der Waals surface area contributed by atoms with E-state index in [-0.39, 0.29) is 10.9 Å². The molecule has 0 amide bonds. The number of alkyl halides is 3. The number of aromatic nitrogens is 1. The Labute approximate surface area is 86.5 Å². The number of hydrogen-bond acceptors (Lipinski definition) is 1. The molecule has 0 aliphatic rings. The molecule has 84 valence electrons. The minimum Gasteiger partial charge on any atom is -0.359 e. The van der Waals surface area contributed by atoms with Crippen LogP contribution in [0.25, 0.3) is 10.9 Å². The maximum atomic E-state index is 13.3. The smallest absolute Gasteiger partial charge is 0.359 e. The van der Waals surface area contributed by atoms with Gasteiger partial charge < -0.3 is 4.98 Å². The average molecular weight is 231 g/mol. The zero-order valence-electron chi connectivity index (χ0n) is 7.73. The van der Waals surface area contributed by atoms with Crippen molar-refractivity contribution >= 4 is 10.9 Å². The van der Waals surface area contributed by atoms with Gasteiger partial charge in [-0.1, -0.05) is 0 Å². The summed E-state index contributed by atoms with van der Waals surface area (Å²) in [5, 5.41) is -0.310. The third-order valence-electron chi connectivity index (χ3n) is 2.15. The number of hydrogen-bond donors (Lipinski definition) is 1. The van der Waals surface area contributed by atoms with Crippen LogP contribution in [-0.2, 0) is 6.18 Å². The van der Waals surface area contributed by atoms with Crippen LogP contribution in [0.4, 0.5) is 17.6 Å². The normalized spacial score (nSPS) is 12.0. The highest BCUT2D eigenvalue weighted by Gasteiger charge is 2.31. The molecule has 2 rings (SSSR count). The standard InChI is InChI=1S/C10H5F4NO/c11-7-4-5(10(12,13)14)3-6-8(16)1-2-15-9(6)7/h1-4H,(H,15,16). The lowest BCUT2D eigenvalue weighted by molar-refractivity contribution is -0.137. The van der Waals surface area contributed by atoms with E-state index in [1.165, 1.54) is 6.20 Å². The van der Waals surface area contributed by atoms with Crippen LogP contribution in [0.15, 0.2) is 29.2 Å². The van der Waals surface area contributed by atoms with Crippen molar-refractivity contribution in [1.82, 2.24) is 4.98 Å². The minimum atomic E-state index is -4.67. The SMILES string of the molecule is O=c1cc[nH]c2c(F)cc(C(F)(F)F)cc12. The Balaban J connectivity index is 2.86. The quantitative estimate of drug-likeness (QED) is 0.694. The Morgan fingerprint density at radius 2 is 1.88 bits per heavy atom. The zero-order chi connectivity index (χ0) is 11.9. The Morgan fingerprint density at radius 3 is 2.50 bits per heavy atom. The predicted octanol–water partition coefficient (Wildman–Crippen LogP) is 2.69. The molecule has 0 saturated carbocycles. The third-order valence-corrected chi connectivity index (χ3v) is 2.15. The average Bonchev–Trinajstić information content (AvgIpc) is 2.18. The molecule has 0 radical (unpaired) electrons. The summed E-state index contributed by atoms with van der Waals surface area (Å²) < 4.78 is 50.3. The molecule has 6 heteroatoms. The Morgan fingerprint density at radius 1 is 1.19 bits per heavy atom. The second-order valence-corrected chi connectivity index (χ2v) is 3.22. The zero-order valence-corrected chi connectivity index (χ0v) is 7.73. The Bertz CT molecular complexity index is 600. The number of H-pyrrole nitrogens is 1. The van der Waals surface area contributed by atoms with E-state index in [4.69, 9.17) is 0 Å². The first-order valence-electron chi connectivity index (χ1n) is 4.28. The van der Waals surface area contributed by atoms with Gasteiger partial charge in [-0.25, -0.2) is 4.39 Å². The van der Waals surface area contributed by atoms with Gasteiger partial charge in [-0.3, -0.25) is 4.79 Å². The lowest BCUT2D eigenvalue weighted by Crippen LogP contribution is -2.09. The topological polar surface area (TPSA) is 32.9 Å². The summed E-state index contributed by atoms with van der Waals surface area (Å²) in [6.07, 6.45) is -3.49. The van der Waals surface area contributed by atoms with Crippen molar-refractivity contribution in [2.75, 3.05) is 0 Å². The molecule has 0 saturated heterocycles. The van der Waals surface area contributed by atoms with Crippen molar-refractivity contribution in [3.63, 3.8) is 0 Å². The lowest BCUT2D eigenvalue weighted by Gasteiger charge is -2.08. The van der Waals surface area contributed by atoms with Gasteiger partial charge in [0.15, 0.2) is 5.43 Å². The summed E-state index contributed by atoms with van der Waals surface area (Å²) in [5.74, 6) is -1.09. The van der Waals surface area contributed by atoms with Crippen LogP contribution in [0.2, 0.25) is 0 Å². The summed E-state index contributed by atoms with van der Waals surface area (Å²) in [5.41, 5.74) is -2.05. The number of fused-ring (bicyclic) bond motifs is 1. The minimum absolute atomic E-state index is 0.222. The van der Waals surface area contributed by atoms with Crippen molar-refractivity contribution in [3.05, 3.63) is 46.0 Å². The molecule has 0 aliphatic carbocycles. The van der Waals surface area contributed by atoms with Crippen LogP contribution in [-0.4, -0.2) is 4.98 Å². The summed E-state index contributed by atoms with van der Waals surface area (Å²) >= 11 is 0. The van der Waals surface area contributed by atoms with Gasteiger partial charge in [-0.15, -0.1) is 0 Å². The molecule has 0 fully saturated rings. The number of benzene rings is 1. The van der Waals surface area contributed by atoms with Gasteiger partial charge in [0.2, 0.25) is 0 Å². The fraction of sp³-hybridized carbons (Fsp3) is 0.100. The van der Waals surface area contributed by atoms with Crippen LogP contribution < -0.4 is 5.43 Å². The second-order valence-electron chi connectivity index (χ2n) is 3.22. The Kier molecular flexibility index (Phi) is 2.22. The van der Waals surface area contributed by atoms with Crippen molar-refractivity contribution < 1.29 is 17.6 Å². The van der Waals surface area contributed by atoms with Gasteiger partial charge in [-0.05, 0) is 12.1 Å². The number of aromatic amines is 1. The summed E-state index contributed by atoms with van der Waals surface area (Å²) in [4.78, 5) is 13.7. The monoisotopic (exact) mass is 231 g/mol. The van der Waals surface area contributed by atoms with Gasteiger partial charge >= 0.3 is 6.18 Å². The number of nitrogens with one attached hydrogen (secondary N) is 1. The fourth-order valence-corrected chi connectivity index (χ4v) is 1.40. The van der Waals surface area contributed by atoms with Crippen LogP contribution in [0.3, 0.4) is 0 Å². The van der Waals surface area contributed by atoms with E-state index in [9.17, 15) is 22.4 Å². The molecule has 0 bridgehead atoms. The van der Waals surface area contributed by atoms with Gasteiger partial charge in [0.25, 0.3) is 0 Å². The third kappa shape index (κ3) is 1.66. The number of rotatable bonds is 0. The van der Waals surface area contributed by atoms with E-state index >= 15 is 0 Å². The van der Waals surface area contributed by atoms with E-state index in [0.29, 0.717) is 12.1 Å². The molecule has 0 aliphatic heterocycles. The van der Waals surface area contributed by atoms with E-state index in [0.717, 1.165) is 6.07 Å². The van der Waals surface area contributed by atoms with Gasteiger partial charge in [0.05, 0.1) is 11.1 Å². The van der Waals surface area contributed by atoms with Crippen molar-refractivity contribution in [2.45, 2.75) is 6.18 Å². The molecule has 0 atom stereocenters. The maximum absolute atomic E-state index is 13.3. The molecule has 1 aromatic heterocycles. The number of pyridine rings is 1. The molecular weight excluding hydrogens is 226 g/mol. The summed E-state index contributed by atoms with van der Waals surface area (Å²) in [6, 6.07) is 2.04. The highest BCUT2D eigenvalue weighted by molar-refractivity contribution is 5.79. The van der Waals surface area contributed by atoms with Crippen molar-refractivity contribution in [3.8, 4) is 0 Å². The lowest BCUT2D eigenvalue weighted by atomic mass is 10.1. The van der Waals surface area contributed by atoms with Gasteiger partial charge in [0, 0.05) is 17.6 Å². The molecule has 2 aromatic rings. The first kappa shape index (κ1) is 10.7.